The van der Waals surface area contributed by atoms with Gasteiger partial charge in [0.25, 0.3) is 0 Å². The van der Waals surface area contributed by atoms with Gasteiger partial charge < -0.3 is 4.74 Å². The van der Waals surface area contributed by atoms with Crippen molar-refractivity contribution < 1.29 is 35.5 Å². The number of rotatable bonds is 8. The zero-order valence-corrected chi connectivity index (χ0v) is 22.1. The fourth-order valence-corrected chi connectivity index (χ4v) is 7.10. The molecule has 38 heavy (non-hydrogen) atoms. The summed E-state index contributed by atoms with van der Waals surface area (Å²) in [5.74, 6) is -3.56. The van der Waals surface area contributed by atoms with Crippen LogP contribution in [-0.4, -0.2) is 6.11 Å². The Hall–Kier alpha value is -1.73. The average Bonchev–Trinajstić information content (AvgIpc) is 2.86. The van der Waals surface area contributed by atoms with Gasteiger partial charge in [-0.1, -0.05) is 25.0 Å². The molecule has 1 aromatic carbocycles. The molecule has 0 radical (unpaired) electrons. The lowest BCUT2D eigenvalue weighted by molar-refractivity contribution is -0.224. The molecule has 0 bridgehead atoms. The highest BCUT2D eigenvalue weighted by atomic mass is 19.4. The summed E-state index contributed by atoms with van der Waals surface area (Å²) in [6.07, 6.45) is 7.37. The molecule has 4 rings (SSSR count). The van der Waals surface area contributed by atoms with Crippen molar-refractivity contribution in [1.29, 1.82) is 0 Å². The normalized spacial score (nSPS) is 29.2. The summed E-state index contributed by atoms with van der Waals surface area (Å²) in [4.78, 5) is 0. The zero-order chi connectivity index (χ0) is 27.5. The molecule has 8 heteroatoms. The molecule has 0 N–H and O–H groups in total. The number of alkyl halides is 5. The van der Waals surface area contributed by atoms with E-state index in [1.807, 2.05) is 0 Å². The minimum atomic E-state index is -5.27. The molecule has 0 saturated heterocycles. The van der Waals surface area contributed by atoms with Crippen molar-refractivity contribution >= 4 is 0 Å². The lowest BCUT2D eigenvalue weighted by Gasteiger charge is -2.41. The van der Waals surface area contributed by atoms with Crippen LogP contribution in [0.15, 0.2) is 23.8 Å². The first-order valence-corrected chi connectivity index (χ1v) is 14.3. The van der Waals surface area contributed by atoms with Crippen LogP contribution in [0.4, 0.5) is 30.7 Å². The Balaban J connectivity index is 1.24. The third-order valence-corrected chi connectivity index (χ3v) is 9.35. The first-order chi connectivity index (χ1) is 18.0. The molecule has 0 amide bonds. The smallest absolute Gasteiger partial charge is 0.422 e. The van der Waals surface area contributed by atoms with Crippen molar-refractivity contribution in [3.05, 3.63) is 41.0 Å². The molecule has 1 aromatic rings. The molecular formula is C30H39F7O. The maximum atomic E-state index is 14.8. The van der Waals surface area contributed by atoms with Crippen LogP contribution in [0.3, 0.4) is 0 Å². The van der Waals surface area contributed by atoms with Crippen molar-refractivity contribution in [3.63, 3.8) is 0 Å². The number of hydrogen-bond acceptors (Lipinski definition) is 1. The Kier molecular flexibility index (Phi) is 9.39. The molecule has 0 aliphatic heterocycles. The lowest BCUT2D eigenvalue weighted by atomic mass is 9.66. The maximum Gasteiger partial charge on any atom is 0.422 e. The number of benzene rings is 1. The molecular weight excluding hydrogens is 509 g/mol. The van der Waals surface area contributed by atoms with Crippen LogP contribution in [0.1, 0.15) is 102 Å². The molecule has 1 nitrogen and oxygen atoms in total. The van der Waals surface area contributed by atoms with Crippen LogP contribution >= 0.6 is 0 Å². The Labute approximate surface area is 221 Å². The fraction of sp³-hybridized carbons (Fsp3) is 0.733. The van der Waals surface area contributed by atoms with Crippen molar-refractivity contribution in [2.24, 2.45) is 29.6 Å². The monoisotopic (exact) mass is 548 g/mol. The van der Waals surface area contributed by atoms with Gasteiger partial charge in [-0.2, -0.15) is 22.0 Å². The second kappa shape index (κ2) is 12.2. The van der Waals surface area contributed by atoms with Crippen LogP contribution in [0.2, 0.25) is 0 Å². The highest BCUT2D eigenvalue weighted by Gasteiger charge is 2.46. The number of unbranched alkanes of at least 4 members (excludes halogenated alkanes) is 1. The summed E-state index contributed by atoms with van der Waals surface area (Å²) >= 11 is 0. The van der Waals surface area contributed by atoms with Crippen LogP contribution in [0.25, 0.3) is 0 Å². The molecule has 3 aliphatic rings. The van der Waals surface area contributed by atoms with E-state index in [2.05, 4.69) is 17.7 Å². The van der Waals surface area contributed by atoms with Gasteiger partial charge in [0.05, 0.1) is 5.92 Å². The van der Waals surface area contributed by atoms with Gasteiger partial charge in [0, 0.05) is 12.1 Å². The van der Waals surface area contributed by atoms with Crippen molar-refractivity contribution in [2.75, 3.05) is 0 Å². The summed E-state index contributed by atoms with van der Waals surface area (Å²) < 4.78 is 100. The maximum absolute atomic E-state index is 14.8. The van der Waals surface area contributed by atoms with Gasteiger partial charge in [-0.15, -0.1) is 0 Å². The van der Waals surface area contributed by atoms with Crippen molar-refractivity contribution in [3.8, 4) is 5.75 Å². The topological polar surface area (TPSA) is 9.23 Å². The minimum Gasteiger partial charge on any atom is -0.432 e. The first-order valence-electron chi connectivity index (χ1n) is 14.3. The molecule has 0 heterocycles. The third kappa shape index (κ3) is 7.07. The molecule has 214 valence electrons. The number of ether oxygens (including phenoxy) is 1. The third-order valence-electron chi connectivity index (χ3n) is 9.35. The molecule has 2 fully saturated rings. The molecule has 0 spiro atoms. The summed E-state index contributed by atoms with van der Waals surface area (Å²) in [6, 6.07) is 0.357. The van der Waals surface area contributed by atoms with Gasteiger partial charge in [-0.05, 0) is 107 Å². The summed E-state index contributed by atoms with van der Waals surface area (Å²) in [5.41, 5.74) is -0.483. The lowest BCUT2D eigenvalue weighted by Crippen LogP contribution is -2.38. The summed E-state index contributed by atoms with van der Waals surface area (Å²) in [6.45, 7) is 2.23. The molecule has 1 unspecified atom stereocenters. The summed E-state index contributed by atoms with van der Waals surface area (Å²) in [7, 11) is 0. The van der Waals surface area contributed by atoms with E-state index in [0.29, 0.717) is 24.7 Å². The fourth-order valence-electron chi connectivity index (χ4n) is 7.10. The Bertz CT molecular complexity index is 931. The number of hydrogen-bond donors (Lipinski definition) is 0. The van der Waals surface area contributed by atoms with Crippen LogP contribution in [0.5, 0.6) is 5.75 Å². The molecule has 3 aliphatic carbocycles. The predicted molar refractivity (Wildman–Crippen MR) is 133 cm³/mol. The van der Waals surface area contributed by atoms with Gasteiger partial charge in [0.2, 0.25) is 0 Å². The quantitative estimate of drug-likeness (QED) is 0.232. The van der Waals surface area contributed by atoms with E-state index < -0.39 is 41.2 Å². The van der Waals surface area contributed by atoms with E-state index in [1.165, 1.54) is 51.4 Å². The standard InChI is InChI=1S/C30H39F7O/c1-2-3-4-19-5-7-20(8-6-19)21-9-11-22(12-10-21)23-13-15-24(16-14-23)30(36,37)38-25-17-26(31)28(27(32)18-25)29(33,34)35/h5,17-18,20-24H,2-4,6-16H2,1H3. The Morgan fingerprint density at radius 3 is 1.76 bits per heavy atom. The minimum absolute atomic E-state index is 0.179. The Morgan fingerprint density at radius 1 is 0.763 bits per heavy atom. The summed E-state index contributed by atoms with van der Waals surface area (Å²) in [5, 5.41) is 0. The van der Waals surface area contributed by atoms with E-state index in [1.54, 1.807) is 5.57 Å². The number of halogens is 7. The van der Waals surface area contributed by atoms with Crippen LogP contribution < -0.4 is 4.74 Å². The zero-order valence-electron chi connectivity index (χ0n) is 22.1. The van der Waals surface area contributed by atoms with E-state index in [0.717, 1.165) is 24.7 Å². The van der Waals surface area contributed by atoms with E-state index >= 15 is 0 Å². The first kappa shape index (κ1) is 29.3. The highest BCUT2D eigenvalue weighted by molar-refractivity contribution is 5.32. The predicted octanol–water partition coefficient (Wildman–Crippen LogP) is 10.5. The van der Waals surface area contributed by atoms with Gasteiger partial charge in [0.1, 0.15) is 22.9 Å². The van der Waals surface area contributed by atoms with Gasteiger partial charge in [0.15, 0.2) is 0 Å². The van der Waals surface area contributed by atoms with E-state index in [9.17, 15) is 30.7 Å². The largest absolute Gasteiger partial charge is 0.432 e. The Morgan fingerprint density at radius 2 is 1.29 bits per heavy atom. The van der Waals surface area contributed by atoms with Gasteiger partial charge in [-0.3, -0.25) is 0 Å². The van der Waals surface area contributed by atoms with Crippen molar-refractivity contribution in [2.45, 2.75) is 109 Å². The van der Waals surface area contributed by atoms with Crippen LogP contribution in [-0.2, 0) is 6.18 Å². The highest BCUT2D eigenvalue weighted by Crippen LogP contribution is 2.48. The van der Waals surface area contributed by atoms with Gasteiger partial charge in [-0.25, -0.2) is 8.78 Å². The second-order valence-electron chi connectivity index (χ2n) is 11.7. The molecule has 1 atom stereocenters. The molecule has 2 saturated carbocycles. The van der Waals surface area contributed by atoms with Crippen molar-refractivity contribution in [1.82, 2.24) is 0 Å². The number of allylic oxidation sites excluding steroid dienone is 2. The van der Waals surface area contributed by atoms with Gasteiger partial charge >= 0.3 is 12.3 Å². The van der Waals surface area contributed by atoms with E-state index in [-0.39, 0.29) is 25.0 Å². The molecule has 0 aromatic heterocycles. The van der Waals surface area contributed by atoms with Crippen LogP contribution in [0, 0.1) is 41.2 Å². The SMILES string of the molecule is CCCCC1=CCC(C2CCC(C3CCC(C(F)(F)Oc4cc(F)c(C(F)(F)F)c(F)c4)CC3)CC2)CC1. The van der Waals surface area contributed by atoms with E-state index in [4.69, 9.17) is 0 Å². The average molecular weight is 549 g/mol. The second-order valence-corrected chi connectivity index (χ2v) is 11.7.